The average Bonchev–Trinajstić information content (AvgIpc) is 3.39. The molecule has 0 fully saturated rings. The first kappa shape index (κ1) is 25.1. The van der Waals surface area contributed by atoms with Crippen LogP contribution in [0.15, 0.2) is 41.8 Å². The number of halogens is 2. The Kier molecular flexibility index (Phi) is 6.80. The molecule has 2 aromatic carbocycles. The molecule has 2 aliphatic heterocycles. The number of anilines is 1. The standard InChI is InChI=1S/C25H20Cl2N4O5S/c26-16-8-14-11-31(24(34)12-3-4-13-10-28-17(13)9-12)6-5-15(14)20(27)19(16)23(33)30-21(25(35)36)29-22(32)18-2-1-7-37-18/h1-4,7-9,21,28H,5-6,10-11H2,(H,29,32)(H,30,33)(H,35,36)/t21-/m1/s1. The zero-order valence-electron chi connectivity index (χ0n) is 19.1. The third-order valence-corrected chi connectivity index (χ3v) is 7.87. The second-order valence-corrected chi connectivity index (χ2v) is 10.3. The van der Waals surface area contributed by atoms with Crippen LogP contribution in [0.5, 0.6) is 0 Å². The fourth-order valence-electron chi connectivity index (χ4n) is 4.30. The Labute approximate surface area is 225 Å². The van der Waals surface area contributed by atoms with Gasteiger partial charge in [0.1, 0.15) is 0 Å². The van der Waals surface area contributed by atoms with Gasteiger partial charge in [-0.1, -0.05) is 35.3 Å². The van der Waals surface area contributed by atoms with Crippen molar-refractivity contribution in [1.29, 1.82) is 0 Å². The Hall–Kier alpha value is -3.60. The van der Waals surface area contributed by atoms with Crippen molar-refractivity contribution < 1.29 is 24.3 Å². The highest BCUT2D eigenvalue weighted by molar-refractivity contribution is 7.12. The number of nitrogens with one attached hydrogen (secondary N) is 3. The zero-order chi connectivity index (χ0) is 26.3. The van der Waals surface area contributed by atoms with E-state index in [-0.39, 0.29) is 28.1 Å². The van der Waals surface area contributed by atoms with Crippen LogP contribution in [0.25, 0.3) is 0 Å². The summed E-state index contributed by atoms with van der Waals surface area (Å²) in [6.07, 6.45) is -1.31. The van der Waals surface area contributed by atoms with Crippen molar-refractivity contribution in [3.63, 3.8) is 0 Å². The van der Waals surface area contributed by atoms with Gasteiger partial charge < -0.3 is 26.0 Å². The van der Waals surface area contributed by atoms with Crippen molar-refractivity contribution >= 4 is 63.9 Å². The number of fused-ring (bicyclic) bond motifs is 2. The Morgan fingerprint density at radius 3 is 2.49 bits per heavy atom. The Morgan fingerprint density at radius 2 is 1.84 bits per heavy atom. The quantitative estimate of drug-likeness (QED) is 0.341. The molecule has 0 spiro atoms. The summed E-state index contributed by atoms with van der Waals surface area (Å²) >= 11 is 14.1. The van der Waals surface area contributed by atoms with Crippen LogP contribution in [0.3, 0.4) is 0 Å². The van der Waals surface area contributed by atoms with E-state index in [0.717, 1.165) is 23.6 Å². The minimum atomic E-state index is -1.70. The number of nitrogens with zero attached hydrogens (tertiary/aromatic N) is 1. The molecule has 0 radical (unpaired) electrons. The number of aliphatic carboxylic acids is 1. The van der Waals surface area contributed by atoms with Gasteiger partial charge in [-0.05, 0) is 52.8 Å². The maximum absolute atomic E-state index is 13.1. The summed E-state index contributed by atoms with van der Waals surface area (Å²) in [5.74, 6) is -3.06. The summed E-state index contributed by atoms with van der Waals surface area (Å²) in [6.45, 7) is 1.43. The molecule has 3 aromatic rings. The molecule has 0 saturated heterocycles. The lowest BCUT2D eigenvalue weighted by molar-refractivity contribution is -0.139. The van der Waals surface area contributed by atoms with Gasteiger partial charge in [-0.25, -0.2) is 4.79 Å². The minimum Gasteiger partial charge on any atom is -0.478 e. The molecule has 2 aliphatic rings. The van der Waals surface area contributed by atoms with Crippen molar-refractivity contribution in [3.8, 4) is 0 Å². The highest BCUT2D eigenvalue weighted by atomic mass is 35.5. The highest BCUT2D eigenvalue weighted by Crippen LogP contribution is 2.35. The van der Waals surface area contributed by atoms with Crippen LogP contribution in [-0.2, 0) is 24.3 Å². The largest absolute Gasteiger partial charge is 0.478 e. The second-order valence-electron chi connectivity index (χ2n) is 8.58. The SMILES string of the molecule is O=C(N[C@H](NC(=O)c1c(Cl)cc2c(c1Cl)CCN(C(=O)c1ccc3c(c1)NC3)C2)C(=O)O)c1cccs1. The van der Waals surface area contributed by atoms with E-state index < -0.39 is 23.9 Å². The first-order valence-electron chi connectivity index (χ1n) is 11.3. The van der Waals surface area contributed by atoms with Crippen molar-refractivity contribution in [1.82, 2.24) is 15.5 Å². The van der Waals surface area contributed by atoms with Crippen LogP contribution in [0.2, 0.25) is 10.0 Å². The number of hydrogen-bond acceptors (Lipinski definition) is 6. The number of hydrogen-bond donors (Lipinski definition) is 4. The van der Waals surface area contributed by atoms with E-state index in [1.165, 1.54) is 11.6 Å². The zero-order valence-corrected chi connectivity index (χ0v) is 21.5. The normalized spacial score (nSPS) is 14.4. The molecule has 0 aliphatic carbocycles. The molecule has 12 heteroatoms. The molecule has 1 aromatic heterocycles. The van der Waals surface area contributed by atoms with Gasteiger partial charge in [0, 0.05) is 30.9 Å². The first-order chi connectivity index (χ1) is 17.7. The van der Waals surface area contributed by atoms with Gasteiger partial charge in [0.05, 0.1) is 20.5 Å². The van der Waals surface area contributed by atoms with Gasteiger partial charge in [-0.2, -0.15) is 0 Å². The van der Waals surface area contributed by atoms with Crippen molar-refractivity contribution in [2.24, 2.45) is 0 Å². The maximum Gasteiger partial charge on any atom is 0.347 e. The predicted octanol–water partition coefficient (Wildman–Crippen LogP) is 3.75. The Balaban J connectivity index is 1.33. The number of carbonyl (C=O) groups excluding carboxylic acids is 3. The predicted molar refractivity (Wildman–Crippen MR) is 139 cm³/mol. The number of thiophene rings is 1. The number of carboxylic acid groups (broad SMARTS) is 1. The average molecular weight is 559 g/mol. The summed E-state index contributed by atoms with van der Waals surface area (Å²) < 4.78 is 0. The van der Waals surface area contributed by atoms with Gasteiger partial charge in [0.15, 0.2) is 0 Å². The molecule has 0 saturated carbocycles. The molecular weight excluding hydrogens is 539 g/mol. The fourth-order valence-corrected chi connectivity index (χ4v) is 5.69. The lowest BCUT2D eigenvalue weighted by Crippen LogP contribution is -2.52. The number of carboxylic acids is 1. The van der Waals surface area contributed by atoms with Gasteiger partial charge in [0.25, 0.3) is 17.7 Å². The first-order valence-corrected chi connectivity index (χ1v) is 12.9. The molecular formula is C25H20Cl2N4O5S. The Bertz CT molecular complexity index is 1440. The third-order valence-electron chi connectivity index (χ3n) is 6.29. The molecule has 37 heavy (non-hydrogen) atoms. The van der Waals surface area contributed by atoms with E-state index in [4.69, 9.17) is 23.2 Å². The molecule has 1 atom stereocenters. The van der Waals surface area contributed by atoms with Crippen LogP contribution in [0.1, 0.15) is 47.1 Å². The Morgan fingerprint density at radius 1 is 1.05 bits per heavy atom. The van der Waals surface area contributed by atoms with Crippen LogP contribution in [0, 0.1) is 0 Å². The van der Waals surface area contributed by atoms with E-state index in [2.05, 4.69) is 16.0 Å². The molecule has 5 rings (SSSR count). The lowest BCUT2D eigenvalue weighted by Gasteiger charge is -2.31. The summed E-state index contributed by atoms with van der Waals surface area (Å²) in [5.41, 5.74) is 3.97. The monoisotopic (exact) mass is 558 g/mol. The van der Waals surface area contributed by atoms with Crippen molar-refractivity contribution in [3.05, 3.63) is 84.5 Å². The maximum atomic E-state index is 13.1. The summed E-state index contributed by atoms with van der Waals surface area (Å²) in [6, 6.07) is 10.3. The molecule has 0 bridgehead atoms. The molecule has 3 heterocycles. The van der Waals surface area contributed by atoms with Gasteiger partial charge in [0.2, 0.25) is 6.17 Å². The van der Waals surface area contributed by atoms with Crippen LogP contribution >= 0.6 is 34.5 Å². The topological polar surface area (TPSA) is 128 Å². The molecule has 4 N–H and O–H groups in total. The van der Waals surface area contributed by atoms with Gasteiger partial charge >= 0.3 is 5.97 Å². The van der Waals surface area contributed by atoms with Crippen LogP contribution in [-0.4, -0.2) is 46.4 Å². The van der Waals surface area contributed by atoms with Gasteiger partial charge in [-0.15, -0.1) is 11.3 Å². The highest BCUT2D eigenvalue weighted by Gasteiger charge is 2.30. The van der Waals surface area contributed by atoms with E-state index in [0.29, 0.717) is 34.5 Å². The van der Waals surface area contributed by atoms with Crippen molar-refractivity contribution in [2.75, 3.05) is 11.9 Å². The van der Waals surface area contributed by atoms with Gasteiger partial charge in [-0.3, -0.25) is 14.4 Å². The van der Waals surface area contributed by atoms with E-state index in [9.17, 15) is 24.3 Å². The second kappa shape index (κ2) is 10.0. The number of benzene rings is 2. The summed E-state index contributed by atoms with van der Waals surface area (Å²) in [4.78, 5) is 52.1. The van der Waals surface area contributed by atoms with E-state index in [1.54, 1.807) is 28.5 Å². The van der Waals surface area contributed by atoms with E-state index >= 15 is 0 Å². The molecule has 0 unspecified atom stereocenters. The van der Waals surface area contributed by atoms with Crippen LogP contribution in [0.4, 0.5) is 5.69 Å². The molecule has 3 amide bonds. The third kappa shape index (κ3) is 4.87. The van der Waals surface area contributed by atoms with Crippen molar-refractivity contribution in [2.45, 2.75) is 25.7 Å². The number of carbonyl (C=O) groups is 4. The minimum absolute atomic E-state index is 0.00881. The number of rotatable bonds is 6. The fraction of sp³-hybridized carbons (Fsp3) is 0.200. The summed E-state index contributed by atoms with van der Waals surface area (Å²) in [7, 11) is 0. The smallest absolute Gasteiger partial charge is 0.347 e. The lowest BCUT2D eigenvalue weighted by atomic mass is 9.95. The van der Waals surface area contributed by atoms with E-state index in [1.807, 2.05) is 12.1 Å². The summed E-state index contributed by atoms with van der Waals surface area (Å²) in [5, 5.41) is 19.0. The molecule has 9 nitrogen and oxygen atoms in total. The molecule has 190 valence electrons. The number of amides is 3. The van der Waals surface area contributed by atoms with Crippen LogP contribution < -0.4 is 16.0 Å².